The molecule has 0 aromatic carbocycles. The third-order valence-electron chi connectivity index (χ3n) is 2.17. The number of aliphatic carboxylic acids is 1. The average molecular weight is 204 g/mol. The summed E-state index contributed by atoms with van der Waals surface area (Å²) in [6.45, 7) is 8.14. The van der Waals surface area contributed by atoms with Crippen molar-refractivity contribution < 1.29 is 9.90 Å². The zero-order valence-corrected chi connectivity index (χ0v) is 9.73. The number of carboxylic acids is 1. The van der Waals surface area contributed by atoms with Gasteiger partial charge < -0.3 is 5.11 Å². The van der Waals surface area contributed by atoms with Gasteiger partial charge in [-0.05, 0) is 18.1 Å². The van der Waals surface area contributed by atoms with Crippen LogP contribution in [0.15, 0.2) is 0 Å². The molecule has 0 aliphatic rings. The number of hydrogen-bond acceptors (Lipinski definition) is 2. The number of thioether (sulfide) groups is 1. The van der Waals surface area contributed by atoms with Crippen molar-refractivity contribution in [3.8, 4) is 0 Å². The van der Waals surface area contributed by atoms with Crippen LogP contribution in [-0.4, -0.2) is 22.1 Å². The summed E-state index contributed by atoms with van der Waals surface area (Å²) < 4.78 is 0. The second-order valence-corrected chi connectivity index (χ2v) is 5.37. The molecule has 0 rings (SSSR count). The van der Waals surface area contributed by atoms with E-state index in [2.05, 4.69) is 13.8 Å². The first-order chi connectivity index (χ1) is 5.95. The molecule has 0 saturated carbocycles. The number of rotatable bonds is 6. The van der Waals surface area contributed by atoms with E-state index < -0.39 is 5.97 Å². The molecule has 1 N–H and O–H groups in total. The molecule has 13 heavy (non-hydrogen) atoms. The Bertz CT molecular complexity index is 157. The van der Waals surface area contributed by atoms with Crippen LogP contribution in [0.25, 0.3) is 0 Å². The standard InChI is InChI=1S/C10H20O2S/c1-7(2)5-6-13-9(4)8(3)10(11)12/h7-9H,5-6H2,1-4H3,(H,11,12). The maximum Gasteiger partial charge on any atom is 0.307 e. The first kappa shape index (κ1) is 12.8. The summed E-state index contributed by atoms with van der Waals surface area (Å²) in [4.78, 5) is 10.6. The molecule has 0 radical (unpaired) electrons. The minimum absolute atomic E-state index is 0.219. The average Bonchev–Trinajstić information content (AvgIpc) is 2.02. The van der Waals surface area contributed by atoms with E-state index in [4.69, 9.17) is 5.11 Å². The molecular formula is C10H20O2S. The zero-order chi connectivity index (χ0) is 10.4. The summed E-state index contributed by atoms with van der Waals surface area (Å²) in [7, 11) is 0. The molecule has 0 bridgehead atoms. The highest BCUT2D eigenvalue weighted by Gasteiger charge is 2.19. The molecule has 0 aliphatic carbocycles. The molecule has 2 unspecified atom stereocenters. The minimum atomic E-state index is -0.690. The largest absolute Gasteiger partial charge is 0.481 e. The Morgan fingerprint density at radius 3 is 2.23 bits per heavy atom. The lowest BCUT2D eigenvalue weighted by atomic mass is 10.1. The summed E-state index contributed by atoms with van der Waals surface area (Å²) >= 11 is 1.76. The molecule has 0 fully saturated rings. The van der Waals surface area contributed by atoms with Crippen molar-refractivity contribution in [1.82, 2.24) is 0 Å². The Balaban J connectivity index is 3.61. The second-order valence-electron chi connectivity index (χ2n) is 3.89. The van der Waals surface area contributed by atoms with Crippen molar-refractivity contribution in [1.29, 1.82) is 0 Å². The number of hydrogen-bond donors (Lipinski definition) is 1. The van der Waals surface area contributed by atoms with Gasteiger partial charge in [0.05, 0.1) is 5.92 Å². The predicted molar refractivity (Wildman–Crippen MR) is 58.2 cm³/mol. The quantitative estimate of drug-likeness (QED) is 0.723. The van der Waals surface area contributed by atoms with Crippen LogP contribution in [0.3, 0.4) is 0 Å². The van der Waals surface area contributed by atoms with Gasteiger partial charge in [-0.25, -0.2) is 0 Å². The predicted octanol–water partition coefficient (Wildman–Crippen LogP) is 2.87. The highest BCUT2D eigenvalue weighted by atomic mass is 32.2. The second kappa shape index (κ2) is 6.30. The van der Waals surface area contributed by atoms with Gasteiger partial charge in [-0.15, -0.1) is 0 Å². The van der Waals surface area contributed by atoms with Gasteiger partial charge in [-0.2, -0.15) is 11.8 Å². The molecule has 2 nitrogen and oxygen atoms in total. The van der Waals surface area contributed by atoms with E-state index in [9.17, 15) is 4.79 Å². The Morgan fingerprint density at radius 2 is 1.85 bits per heavy atom. The van der Waals surface area contributed by atoms with Crippen LogP contribution in [0.4, 0.5) is 0 Å². The maximum absolute atomic E-state index is 10.6. The summed E-state index contributed by atoms with van der Waals surface area (Å²) in [5, 5.41) is 8.97. The van der Waals surface area contributed by atoms with E-state index in [0.717, 1.165) is 5.75 Å². The zero-order valence-electron chi connectivity index (χ0n) is 8.91. The molecule has 78 valence electrons. The van der Waals surface area contributed by atoms with Crippen molar-refractivity contribution in [2.24, 2.45) is 11.8 Å². The Kier molecular flexibility index (Phi) is 6.21. The van der Waals surface area contributed by atoms with E-state index >= 15 is 0 Å². The molecule has 0 heterocycles. The summed E-state index contributed by atoms with van der Waals surface area (Å²) in [6, 6.07) is 0. The fourth-order valence-electron chi connectivity index (χ4n) is 0.835. The lowest BCUT2D eigenvalue weighted by Gasteiger charge is -2.15. The van der Waals surface area contributed by atoms with Crippen LogP contribution < -0.4 is 0 Å². The molecular weight excluding hydrogens is 184 g/mol. The SMILES string of the molecule is CC(C)CCSC(C)C(C)C(=O)O. The summed E-state index contributed by atoms with van der Waals surface area (Å²) in [5.74, 6) is 0.845. The molecule has 3 heteroatoms. The third-order valence-corrected chi connectivity index (χ3v) is 3.58. The molecule has 0 amide bonds. The van der Waals surface area contributed by atoms with Crippen LogP contribution >= 0.6 is 11.8 Å². The van der Waals surface area contributed by atoms with Gasteiger partial charge in [0, 0.05) is 5.25 Å². The van der Waals surface area contributed by atoms with Crippen molar-refractivity contribution in [2.45, 2.75) is 39.4 Å². The first-order valence-corrected chi connectivity index (χ1v) is 5.84. The highest BCUT2D eigenvalue weighted by molar-refractivity contribution is 7.99. The van der Waals surface area contributed by atoms with E-state index in [-0.39, 0.29) is 11.2 Å². The topological polar surface area (TPSA) is 37.3 Å². The van der Waals surface area contributed by atoms with Gasteiger partial charge in [0.2, 0.25) is 0 Å². The van der Waals surface area contributed by atoms with Gasteiger partial charge in [0.1, 0.15) is 0 Å². The Morgan fingerprint density at radius 1 is 1.31 bits per heavy atom. The normalized spacial score (nSPS) is 15.8. The fourth-order valence-corrected chi connectivity index (χ4v) is 2.22. The molecule has 0 aliphatic heterocycles. The maximum atomic E-state index is 10.6. The summed E-state index contributed by atoms with van der Waals surface area (Å²) in [5.41, 5.74) is 0. The number of carboxylic acid groups (broad SMARTS) is 1. The van der Waals surface area contributed by atoms with E-state index in [1.165, 1.54) is 6.42 Å². The monoisotopic (exact) mass is 204 g/mol. The van der Waals surface area contributed by atoms with Crippen molar-refractivity contribution in [3.63, 3.8) is 0 Å². The summed E-state index contributed by atoms with van der Waals surface area (Å²) in [6.07, 6.45) is 1.17. The molecule has 0 saturated heterocycles. The fraction of sp³-hybridized carbons (Fsp3) is 0.900. The van der Waals surface area contributed by atoms with E-state index in [1.807, 2.05) is 6.92 Å². The van der Waals surface area contributed by atoms with Crippen molar-refractivity contribution in [2.75, 3.05) is 5.75 Å². The lowest BCUT2D eigenvalue weighted by molar-refractivity contribution is -0.140. The van der Waals surface area contributed by atoms with Crippen molar-refractivity contribution >= 4 is 17.7 Å². The Hall–Kier alpha value is -0.180. The minimum Gasteiger partial charge on any atom is -0.481 e. The molecule has 0 aromatic rings. The van der Waals surface area contributed by atoms with Gasteiger partial charge in [-0.3, -0.25) is 4.79 Å². The number of carbonyl (C=O) groups is 1. The van der Waals surface area contributed by atoms with Crippen LogP contribution in [0.1, 0.15) is 34.1 Å². The van der Waals surface area contributed by atoms with Gasteiger partial charge >= 0.3 is 5.97 Å². The molecule has 0 spiro atoms. The van der Waals surface area contributed by atoms with Gasteiger partial charge in [-0.1, -0.05) is 27.7 Å². The Labute approximate surface area is 85.1 Å². The van der Waals surface area contributed by atoms with E-state index in [0.29, 0.717) is 5.92 Å². The van der Waals surface area contributed by atoms with Crippen LogP contribution in [0, 0.1) is 11.8 Å². The van der Waals surface area contributed by atoms with Gasteiger partial charge in [0.15, 0.2) is 0 Å². The highest BCUT2D eigenvalue weighted by Crippen LogP contribution is 2.21. The molecule has 2 atom stereocenters. The third kappa shape index (κ3) is 5.97. The van der Waals surface area contributed by atoms with E-state index in [1.54, 1.807) is 18.7 Å². The van der Waals surface area contributed by atoms with Gasteiger partial charge in [0.25, 0.3) is 0 Å². The van der Waals surface area contributed by atoms with Crippen LogP contribution in [0.5, 0.6) is 0 Å². The van der Waals surface area contributed by atoms with Crippen LogP contribution in [-0.2, 0) is 4.79 Å². The smallest absolute Gasteiger partial charge is 0.307 e. The lowest BCUT2D eigenvalue weighted by Crippen LogP contribution is -2.20. The van der Waals surface area contributed by atoms with Crippen molar-refractivity contribution in [3.05, 3.63) is 0 Å². The first-order valence-electron chi connectivity index (χ1n) is 4.79. The molecule has 0 aromatic heterocycles. The van der Waals surface area contributed by atoms with Crippen LogP contribution in [0.2, 0.25) is 0 Å².